The van der Waals surface area contributed by atoms with E-state index in [0.29, 0.717) is 5.75 Å². The molecule has 1 rings (SSSR count). The molecular weight excluding hydrogens is 307 g/mol. The molecule has 0 bridgehead atoms. The van der Waals surface area contributed by atoms with Gasteiger partial charge in [0.2, 0.25) is 0 Å². The maximum Gasteiger partial charge on any atom is 0.471 e. The molecule has 0 radical (unpaired) electrons. The van der Waals surface area contributed by atoms with Gasteiger partial charge < -0.3 is 19.9 Å². The summed E-state index contributed by atoms with van der Waals surface area (Å²) >= 11 is 0. The Hall–Kier alpha value is -2.45. The summed E-state index contributed by atoms with van der Waals surface area (Å²) in [7, 11) is 2.69. The first-order valence-corrected chi connectivity index (χ1v) is 6.00. The van der Waals surface area contributed by atoms with Crippen molar-refractivity contribution in [3.63, 3.8) is 0 Å². The fourth-order valence-electron chi connectivity index (χ4n) is 1.74. The molecule has 0 aromatic heterocycles. The Morgan fingerprint density at radius 3 is 2.27 bits per heavy atom. The third-order valence-corrected chi connectivity index (χ3v) is 2.75. The number of amides is 1. The summed E-state index contributed by atoms with van der Waals surface area (Å²) in [6, 6.07) is 2.71. The summed E-state index contributed by atoms with van der Waals surface area (Å²) in [6.45, 7) is 0. The highest BCUT2D eigenvalue weighted by Gasteiger charge is 2.40. The molecule has 1 amide bonds. The molecule has 0 aliphatic rings. The number of methoxy groups -OCH3 is 2. The Kier molecular flexibility index (Phi) is 5.61. The minimum Gasteiger partial charge on any atom is -0.493 e. The van der Waals surface area contributed by atoms with E-state index in [9.17, 15) is 22.8 Å². The second kappa shape index (κ2) is 7.01. The molecule has 0 unspecified atom stereocenters. The van der Waals surface area contributed by atoms with Crippen LogP contribution in [-0.2, 0) is 9.59 Å². The number of aliphatic carboxylic acids is 1. The predicted octanol–water partition coefficient (Wildman–Crippen LogP) is 1.90. The van der Waals surface area contributed by atoms with E-state index in [0.717, 1.165) is 0 Å². The van der Waals surface area contributed by atoms with Crippen molar-refractivity contribution in [2.45, 2.75) is 18.6 Å². The van der Waals surface area contributed by atoms with Gasteiger partial charge in [0.1, 0.15) is 0 Å². The van der Waals surface area contributed by atoms with Crippen LogP contribution in [0.5, 0.6) is 11.5 Å². The van der Waals surface area contributed by atoms with Gasteiger partial charge in [-0.2, -0.15) is 13.2 Å². The van der Waals surface area contributed by atoms with Crippen LogP contribution < -0.4 is 14.8 Å². The van der Waals surface area contributed by atoms with E-state index >= 15 is 0 Å². The molecule has 0 fully saturated rings. The second-order valence-electron chi connectivity index (χ2n) is 4.24. The first-order valence-electron chi connectivity index (χ1n) is 6.00. The first-order chi connectivity index (χ1) is 10.2. The van der Waals surface area contributed by atoms with Crippen LogP contribution in [0, 0.1) is 0 Å². The number of carbonyl (C=O) groups excluding carboxylic acids is 1. The summed E-state index contributed by atoms with van der Waals surface area (Å²) in [4.78, 5) is 21.8. The van der Waals surface area contributed by atoms with E-state index in [4.69, 9.17) is 14.6 Å². The lowest BCUT2D eigenvalue weighted by molar-refractivity contribution is -0.174. The van der Waals surface area contributed by atoms with Gasteiger partial charge in [-0.25, -0.2) is 0 Å². The van der Waals surface area contributed by atoms with Gasteiger partial charge in [0.25, 0.3) is 0 Å². The number of rotatable bonds is 6. The molecule has 0 saturated heterocycles. The van der Waals surface area contributed by atoms with Crippen LogP contribution in [0.15, 0.2) is 18.2 Å². The molecule has 0 heterocycles. The summed E-state index contributed by atoms with van der Waals surface area (Å²) in [5.74, 6) is -3.05. The third-order valence-electron chi connectivity index (χ3n) is 2.75. The zero-order valence-electron chi connectivity index (χ0n) is 11.7. The number of carboxylic acid groups (broad SMARTS) is 1. The summed E-state index contributed by atoms with van der Waals surface area (Å²) in [5.41, 5.74) is 0.151. The van der Waals surface area contributed by atoms with Crippen LogP contribution in [0.4, 0.5) is 13.2 Å². The zero-order valence-corrected chi connectivity index (χ0v) is 11.7. The Labute approximate surface area is 123 Å². The quantitative estimate of drug-likeness (QED) is 0.836. The molecule has 0 aliphatic heterocycles. The highest BCUT2D eigenvalue weighted by molar-refractivity contribution is 5.82. The second-order valence-corrected chi connectivity index (χ2v) is 4.24. The number of ether oxygens (including phenoxy) is 2. The van der Waals surface area contributed by atoms with Crippen molar-refractivity contribution < 1.29 is 37.3 Å². The van der Waals surface area contributed by atoms with Gasteiger partial charge in [-0.3, -0.25) is 9.59 Å². The van der Waals surface area contributed by atoms with Crippen molar-refractivity contribution in [1.82, 2.24) is 5.32 Å². The molecule has 1 aromatic carbocycles. The van der Waals surface area contributed by atoms with Crippen LogP contribution in [0.3, 0.4) is 0 Å². The maximum absolute atomic E-state index is 12.3. The van der Waals surface area contributed by atoms with Crippen LogP contribution in [-0.4, -0.2) is 37.4 Å². The van der Waals surface area contributed by atoms with Gasteiger partial charge in [0, 0.05) is 0 Å². The van der Waals surface area contributed by atoms with Crippen LogP contribution in [0.1, 0.15) is 18.0 Å². The molecule has 0 saturated carbocycles. The Morgan fingerprint density at radius 2 is 1.82 bits per heavy atom. The van der Waals surface area contributed by atoms with Crippen molar-refractivity contribution in [2.24, 2.45) is 0 Å². The van der Waals surface area contributed by atoms with Crippen molar-refractivity contribution >= 4 is 11.9 Å². The summed E-state index contributed by atoms with van der Waals surface area (Å²) in [5, 5.41) is 10.5. The van der Waals surface area contributed by atoms with Crippen molar-refractivity contribution in [2.75, 3.05) is 14.2 Å². The molecule has 122 valence electrons. The van der Waals surface area contributed by atoms with Gasteiger partial charge in [0.15, 0.2) is 11.5 Å². The van der Waals surface area contributed by atoms with E-state index in [1.54, 1.807) is 5.32 Å². The van der Waals surface area contributed by atoms with Crippen LogP contribution in [0.25, 0.3) is 0 Å². The molecule has 2 N–H and O–H groups in total. The maximum atomic E-state index is 12.3. The smallest absolute Gasteiger partial charge is 0.471 e. The lowest BCUT2D eigenvalue weighted by Gasteiger charge is -2.19. The average molecular weight is 321 g/mol. The van der Waals surface area contributed by atoms with Gasteiger partial charge in [0.05, 0.1) is 26.7 Å². The fourth-order valence-corrected chi connectivity index (χ4v) is 1.74. The van der Waals surface area contributed by atoms with Crippen molar-refractivity contribution in [1.29, 1.82) is 0 Å². The van der Waals surface area contributed by atoms with Crippen LogP contribution in [0.2, 0.25) is 0 Å². The highest BCUT2D eigenvalue weighted by Crippen LogP contribution is 2.31. The Morgan fingerprint density at radius 1 is 1.23 bits per heavy atom. The predicted molar refractivity (Wildman–Crippen MR) is 68.7 cm³/mol. The monoisotopic (exact) mass is 321 g/mol. The van der Waals surface area contributed by atoms with Crippen molar-refractivity contribution in [3.8, 4) is 11.5 Å². The van der Waals surface area contributed by atoms with Gasteiger partial charge >= 0.3 is 18.1 Å². The number of alkyl halides is 3. The molecular formula is C13H14F3NO5. The minimum atomic E-state index is -5.10. The van der Waals surface area contributed by atoms with Gasteiger partial charge in [-0.05, 0) is 17.7 Å². The highest BCUT2D eigenvalue weighted by atomic mass is 19.4. The summed E-state index contributed by atoms with van der Waals surface area (Å²) in [6.07, 6.45) is -5.81. The van der Waals surface area contributed by atoms with Gasteiger partial charge in [-0.1, -0.05) is 6.07 Å². The van der Waals surface area contributed by atoms with Crippen LogP contribution >= 0.6 is 0 Å². The molecule has 1 aromatic rings. The first kappa shape index (κ1) is 17.6. The number of hydrogen-bond acceptors (Lipinski definition) is 4. The summed E-state index contributed by atoms with van der Waals surface area (Å²) < 4.78 is 46.9. The number of nitrogens with one attached hydrogen (secondary N) is 1. The molecule has 22 heavy (non-hydrogen) atoms. The standard InChI is InChI=1S/C13H14F3NO5/c1-21-9-4-3-7(5-10(9)22-2)8(6-11(18)19)17-12(20)13(14,15)16/h3-5,8H,6H2,1-2H3,(H,17,20)(H,18,19)/t8-/m1/s1. The van der Waals surface area contributed by atoms with Crippen molar-refractivity contribution in [3.05, 3.63) is 23.8 Å². The molecule has 0 spiro atoms. The van der Waals surface area contributed by atoms with E-state index < -0.39 is 30.5 Å². The molecule has 9 heteroatoms. The third kappa shape index (κ3) is 4.54. The molecule has 0 aliphatic carbocycles. The van der Waals surface area contributed by atoms with Gasteiger partial charge in [-0.15, -0.1) is 0 Å². The topological polar surface area (TPSA) is 84.9 Å². The largest absolute Gasteiger partial charge is 0.493 e. The number of halogens is 3. The number of hydrogen-bond donors (Lipinski definition) is 2. The lowest BCUT2D eigenvalue weighted by Crippen LogP contribution is -2.39. The SMILES string of the molecule is COc1ccc([C@@H](CC(=O)O)NC(=O)C(F)(F)F)cc1OC. The van der Waals surface area contributed by atoms with E-state index in [1.807, 2.05) is 0 Å². The Balaban J connectivity index is 3.11. The van der Waals surface area contributed by atoms with E-state index in [1.165, 1.54) is 32.4 Å². The lowest BCUT2D eigenvalue weighted by atomic mass is 10.0. The average Bonchev–Trinajstić information content (AvgIpc) is 2.44. The number of carbonyl (C=O) groups is 2. The minimum absolute atomic E-state index is 0.151. The zero-order chi connectivity index (χ0) is 16.9. The number of carboxylic acids is 1. The fraction of sp³-hybridized carbons (Fsp3) is 0.385. The number of benzene rings is 1. The Bertz CT molecular complexity index is 559. The van der Waals surface area contributed by atoms with E-state index in [-0.39, 0.29) is 11.3 Å². The van der Waals surface area contributed by atoms with E-state index in [2.05, 4.69) is 0 Å². The normalized spacial score (nSPS) is 12.4. The molecule has 1 atom stereocenters. The molecule has 6 nitrogen and oxygen atoms in total.